The molecule has 3 heterocycles. The molecule has 5 aromatic rings. The highest BCUT2D eigenvalue weighted by molar-refractivity contribution is 5.65. The van der Waals surface area contributed by atoms with Gasteiger partial charge in [-0.1, -0.05) is 29.4 Å². The van der Waals surface area contributed by atoms with Crippen LogP contribution in [0.1, 0.15) is 30.2 Å². The minimum absolute atomic E-state index is 0.0426. The summed E-state index contributed by atoms with van der Waals surface area (Å²) < 4.78 is 121. The topological polar surface area (TPSA) is 74.7 Å². The molecule has 5 rings (SSSR count). The number of pyridine rings is 1. The second-order valence-electron chi connectivity index (χ2n) is 8.71. The Bertz CT molecular complexity index is 1660. The fourth-order valence-electron chi connectivity index (χ4n) is 3.89. The molecule has 0 fully saturated rings. The quantitative estimate of drug-likeness (QED) is 0.182. The monoisotopic (exact) mass is 584 g/mol. The van der Waals surface area contributed by atoms with Crippen LogP contribution in [-0.2, 0) is 17.0 Å². The van der Waals surface area contributed by atoms with Gasteiger partial charge in [-0.2, -0.15) is 22.0 Å². The summed E-state index contributed by atoms with van der Waals surface area (Å²) in [6.07, 6.45) is -13.5. The zero-order chi connectivity index (χ0) is 29.6. The standard InChI is InChI=1S/C26H16F8N4O3/c1-14(21-12-20(37-41-21)16-2-7-18(8-3-16)24(27,28)29)39-25(30,31)23-36-35-22-11-6-17(13-38(22)23)15-4-9-19(10-5-15)40-26(32,33)34/h2-14H,1H3. The molecule has 0 amide bonds. The number of fused-ring (bicyclic) bond motifs is 1. The van der Waals surface area contributed by atoms with Gasteiger partial charge in [0.25, 0.3) is 0 Å². The first-order chi connectivity index (χ1) is 19.2. The Morgan fingerprint density at radius 2 is 1.41 bits per heavy atom. The van der Waals surface area contributed by atoms with Crippen molar-refractivity contribution in [1.82, 2.24) is 19.8 Å². The summed E-state index contributed by atoms with van der Waals surface area (Å²) in [6, 6.07) is 13.0. The van der Waals surface area contributed by atoms with Crippen LogP contribution in [0.3, 0.4) is 0 Å². The van der Waals surface area contributed by atoms with Gasteiger partial charge in [-0.3, -0.25) is 4.40 Å². The predicted octanol–water partition coefficient (Wildman–Crippen LogP) is 7.80. The second kappa shape index (κ2) is 10.1. The average Bonchev–Trinajstić information content (AvgIpc) is 3.55. The average molecular weight is 584 g/mol. The van der Waals surface area contributed by atoms with E-state index in [4.69, 9.17) is 9.26 Å². The number of benzene rings is 2. The summed E-state index contributed by atoms with van der Waals surface area (Å²) in [7, 11) is 0. The van der Waals surface area contributed by atoms with Crippen LogP contribution in [0.2, 0.25) is 0 Å². The molecule has 0 saturated heterocycles. The van der Waals surface area contributed by atoms with Crippen molar-refractivity contribution in [3.05, 3.63) is 90.1 Å². The van der Waals surface area contributed by atoms with Crippen LogP contribution < -0.4 is 4.74 Å². The number of halogens is 8. The van der Waals surface area contributed by atoms with E-state index in [0.717, 1.165) is 28.7 Å². The minimum Gasteiger partial charge on any atom is -0.406 e. The van der Waals surface area contributed by atoms with E-state index >= 15 is 8.78 Å². The van der Waals surface area contributed by atoms with Crippen molar-refractivity contribution in [3.8, 4) is 28.1 Å². The second-order valence-corrected chi connectivity index (χ2v) is 8.71. The molecule has 214 valence electrons. The van der Waals surface area contributed by atoms with Crippen molar-refractivity contribution in [2.75, 3.05) is 0 Å². The fourth-order valence-corrected chi connectivity index (χ4v) is 3.89. The molecule has 1 atom stereocenters. The van der Waals surface area contributed by atoms with Crippen LogP contribution in [0.15, 0.2) is 77.4 Å². The van der Waals surface area contributed by atoms with Crippen molar-refractivity contribution >= 4 is 5.65 Å². The molecule has 0 radical (unpaired) electrons. The number of hydrogen-bond acceptors (Lipinski definition) is 6. The van der Waals surface area contributed by atoms with E-state index in [1.807, 2.05) is 0 Å². The first kappa shape index (κ1) is 28.0. The number of rotatable bonds is 7. The summed E-state index contributed by atoms with van der Waals surface area (Å²) in [4.78, 5) is 0. The van der Waals surface area contributed by atoms with Crippen LogP contribution in [-0.4, -0.2) is 26.1 Å². The van der Waals surface area contributed by atoms with E-state index < -0.39 is 41.9 Å². The molecule has 0 aliphatic rings. The third kappa shape index (κ3) is 6.14. The Kier molecular flexibility index (Phi) is 6.93. The van der Waals surface area contributed by atoms with Crippen LogP contribution in [0.4, 0.5) is 35.1 Å². The minimum atomic E-state index is -4.87. The van der Waals surface area contributed by atoms with Crippen molar-refractivity contribution in [1.29, 1.82) is 0 Å². The molecule has 0 spiro atoms. The van der Waals surface area contributed by atoms with Gasteiger partial charge in [0.1, 0.15) is 17.5 Å². The number of aromatic nitrogens is 4. The maximum absolute atomic E-state index is 15.2. The first-order valence-corrected chi connectivity index (χ1v) is 11.6. The van der Waals surface area contributed by atoms with E-state index in [1.165, 1.54) is 55.6 Å². The summed E-state index contributed by atoms with van der Waals surface area (Å²) in [6.45, 7) is 1.25. The summed E-state index contributed by atoms with van der Waals surface area (Å²) in [5, 5.41) is 11.0. The Balaban J connectivity index is 1.35. The fraction of sp³-hybridized carbons (Fsp3) is 0.192. The molecule has 0 aliphatic heterocycles. The van der Waals surface area contributed by atoms with Gasteiger partial charge < -0.3 is 14.0 Å². The van der Waals surface area contributed by atoms with Gasteiger partial charge in [-0.15, -0.1) is 23.4 Å². The molecule has 0 N–H and O–H groups in total. The van der Waals surface area contributed by atoms with Crippen LogP contribution in [0.5, 0.6) is 5.75 Å². The van der Waals surface area contributed by atoms with Crippen LogP contribution >= 0.6 is 0 Å². The third-order valence-corrected chi connectivity index (χ3v) is 5.85. The zero-order valence-corrected chi connectivity index (χ0v) is 20.5. The van der Waals surface area contributed by atoms with Crippen molar-refractivity contribution in [3.63, 3.8) is 0 Å². The molecule has 15 heteroatoms. The number of alkyl halides is 8. The maximum atomic E-state index is 15.2. The van der Waals surface area contributed by atoms with Gasteiger partial charge in [0.05, 0.1) is 5.56 Å². The predicted molar refractivity (Wildman–Crippen MR) is 125 cm³/mol. The third-order valence-electron chi connectivity index (χ3n) is 5.85. The SMILES string of the molecule is CC(OC(F)(F)c1nnc2ccc(-c3ccc(OC(F)(F)F)cc3)cn12)c1cc(-c2ccc(C(F)(F)F)cc2)no1. The highest BCUT2D eigenvalue weighted by Gasteiger charge is 2.41. The lowest BCUT2D eigenvalue weighted by Crippen LogP contribution is -2.23. The maximum Gasteiger partial charge on any atom is 0.573 e. The lowest BCUT2D eigenvalue weighted by molar-refractivity contribution is -0.280. The molecule has 0 aliphatic carbocycles. The molecule has 3 aromatic heterocycles. The molecule has 41 heavy (non-hydrogen) atoms. The number of hydrogen-bond donors (Lipinski definition) is 0. The molecule has 0 bridgehead atoms. The van der Waals surface area contributed by atoms with Crippen LogP contribution in [0.25, 0.3) is 28.0 Å². The smallest absolute Gasteiger partial charge is 0.406 e. The Labute approximate surface area is 224 Å². The van der Waals surface area contributed by atoms with E-state index in [-0.39, 0.29) is 22.7 Å². The number of nitrogens with zero attached hydrogens (tertiary/aromatic N) is 4. The summed E-state index contributed by atoms with van der Waals surface area (Å²) >= 11 is 0. The van der Waals surface area contributed by atoms with E-state index in [9.17, 15) is 26.3 Å². The lowest BCUT2D eigenvalue weighted by Gasteiger charge is -2.18. The van der Waals surface area contributed by atoms with E-state index in [1.54, 1.807) is 0 Å². The van der Waals surface area contributed by atoms with Gasteiger partial charge in [0.2, 0.25) is 5.82 Å². The van der Waals surface area contributed by atoms with Gasteiger partial charge in [0, 0.05) is 17.8 Å². The van der Waals surface area contributed by atoms with Crippen molar-refractivity contribution in [2.45, 2.75) is 31.7 Å². The largest absolute Gasteiger partial charge is 0.573 e. The zero-order valence-electron chi connectivity index (χ0n) is 20.5. The first-order valence-electron chi connectivity index (χ1n) is 11.6. The lowest BCUT2D eigenvalue weighted by atomic mass is 10.1. The number of ether oxygens (including phenoxy) is 2. The highest BCUT2D eigenvalue weighted by atomic mass is 19.4. The molecule has 2 aromatic carbocycles. The van der Waals surface area contributed by atoms with E-state index in [2.05, 4.69) is 20.1 Å². The summed E-state index contributed by atoms with van der Waals surface area (Å²) in [5.74, 6) is -1.47. The Morgan fingerprint density at radius 1 is 0.780 bits per heavy atom. The normalized spacial score (nSPS) is 13.5. The molecular weight excluding hydrogens is 568 g/mol. The Morgan fingerprint density at radius 3 is 2.05 bits per heavy atom. The van der Waals surface area contributed by atoms with E-state index in [0.29, 0.717) is 11.1 Å². The van der Waals surface area contributed by atoms with Gasteiger partial charge in [-0.25, -0.2) is 0 Å². The summed E-state index contributed by atoms with van der Waals surface area (Å²) in [5.41, 5.74) is 0.310. The Hall–Kier alpha value is -4.53. The van der Waals surface area contributed by atoms with Gasteiger partial charge in [0.15, 0.2) is 11.4 Å². The molecule has 1 unspecified atom stereocenters. The highest BCUT2D eigenvalue weighted by Crippen LogP contribution is 2.37. The van der Waals surface area contributed by atoms with Gasteiger partial charge in [-0.05, 0) is 54.4 Å². The molecule has 0 saturated carbocycles. The van der Waals surface area contributed by atoms with Gasteiger partial charge >= 0.3 is 18.6 Å². The molecule has 7 nitrogen and oxygen atoms in total. The van der Waals surface area contributed by atoms with Crippen LogP contribution in [0, 0.1) is 0 Å². The molecular formula is C26H16F8N4O3. The van der Waals surface area contributed by atoms with Crippen molar-refractivity contribution < 1.29 is 49.1 Å². The van der Waals surface area contributed by atoms with Crippen molar-refractivity contribution in [2.24, 2.45) is 0 Å².